The summed E-state index contributed by atoms with van der Waals surface area (Å²) in [7, 11) is 0. The van der Waals surface area contributed by atoms with Crippen LogP contribution in [0.5, 0.6) is 0 Å². The molecule has 32 N–H and O–H groups in total. The van der Waals surface area contributed by atoms with Crippen LogP contribution in [0.1, 0.15) is 186 Å². The van der Waals surface area contributed by atoms with E-state index in [2.05, 4.69) is 66.3 Å². The van der Waals surface area contributed by atoms with E-state index in [0.29, 0.717) is 0 Å². The molecule has 0 heterocycles. The number of carboxylic acid groups (broad SMARTS) is 2. The van der Waals surface area contributed by atoms with Crippen molar-refractivity contribution in [3.05, 3.63) is 0 Å². The van der Waals surface area contributed by atoms with E-state index >= 15 is 0 Å². The first-order valence-electron chi connectivity index (χ1n) is 40.0. The molecule has 0 unspecified atom stereocenters. The van der Waals surface area contributed by atoms with Crippen LogP contribution in [0.25, 0.3) is 0 Å². The molecule has 0 saturated heterocycles. The van der Waals surface area contributed by atoms with E-state index in [-0.39, 0.29) is 12.8 Å². The van der Waals surface area contributed by atoms with Gasteiger partial charge in [-0.05, 0) is 89.9 Å². The quantitative estimate of drug-likeness (QED) is 0.0153. The lowest BCUT2D eigenvalue weighted by Crippen LogP contribution is -2.42. The van der Waals surface area contributed by atoms with Crippen LogP contribution in [0.15, 0.2) is 0 Å². The fourth-order valence-corrected chi connectivity index (χ4v) is 9.08. The van der Waals surface area contributed by atoms with Crippen molar-refractivity contribution in [2.45, 2.75) is 277 Å². The Morgan fingerprint density at radius 2 is 0.230 bits per heavy atom. The molecule has 0 bridgehead atoms. The second-order valence-corrected chi connectivity index (χ2v) is 28.7. The van der Waals surface area contributed by atoms with E-state index in [4.69, 9.17) is 96.2 Å². The average molecular weight is 1940 g/mol. The number of esters is 28. The van der Waals surface area contributed by atoms with Crippen molar-refractivity contribution in [2.24, 2.45) is 86.0 Å². The van der Waals surface area contributed by atoms with E-state index in [1.165, 1.54) is 0 Å². The van der Waals surface area contributed by atoms with Gasteiger partial charge in [-0.15, -0.1) is 0 Å². The van der Waals surface area contributed by atoms with Crippen LogP contribution in [-0.4, -0.2) is 280 Å². The number of hydrogen-bond acceptors (Lipinski definition) is 59. The molecule has 0 spiro atoms. The maximum absolute atomic E-state index is 12.5. The maximum Gasteiger partial charge on any atom is 0.331 e. The van der Waals surface area contributed by atoms with E-state index in [1.54, 1.807) is 0 Å². The molecular formula is C74H105N15O46. The smallest absolute Gasteiger partial charge is 0.331 e. The predicted octanol–water partition coefficient (Wildman–Crippen LogP) is -12.6. The van der Waals surface area contributed by atoms with Gasteiger partial charge in [-0.2, -0.15) is 0 Å². The third kappa shape index (κ3) is 54.2. The van der Waals surface area contributed by atoms with Gasteiger partial charge in [0, 0.05) is 89.9 Å². The van der Waals surface area contributed by atoms with Gasteiger partial charge in [0.1, 0.15) is 90.6 Å². The van der Waals surface area contributed by atoms with Crippen molar-refractivity contribution in [2.75, 3.05) is 0 Å². The Hall–Kier alpha value is -13.7. The summed E-state index contributed by atoms with van der Waals surface area (Å²) < 4.78 is 63.2. The van der Waals surface area contributed by atoms with Crippen LogP contribution in [0.3, 0.4) is 0 Å². The fraction of sp³-hybridized carbons (Fsp3) is 0.595. The van der Waals surface area contributed by atoms with Crippen molar-refractivity contribution in [3.63, 3.8) is 0 Å². The Morgan fingerprint density at radius 3 is 0.356 bits per heavy atom. The molecule has 0 aliphatic heterocycles. The Kier molecular flexibility index (Phi) is 57.0. The first kappa shape index (κ1) is 121. The summed E-state index contributed by atoms with van der Waals surface area (Å²) in [5.74, 6) is -40.4. The molecule has 135 heavy (non-hydrogen) atoms. The molecule has 0 amide bonds. The molecule has 0 rings (SSSR count). The number of carbonyl (C=O) groups excluding carboxylic acids is 28. The van der Waals surface area contributed by atoms with Gasteiger partial charge >= 0.3 is 179 Å². The first-order valence-corrected chi connectivity index (χ1v) is 40.0. The summed E-state index contributed by atoms with van der Waals surface area (Å²) in [4.78, 5) is 364. The second-order valence-electron chi connectivity index (χ2n) is 28.7. The van der Waals surface area contributed by atoms with Gasteiger partial charge in [-0.25, -0.2) is 62.3 Å². The van der Waals surface area contributed by atoms with E-state index < -0.39 is 443 Å². The van der Waals surface area contributed by atoms with Gasteiger partial charge in [0.05, 0.1) is 6.42 Å². The zero-order chi connectivity index (χ0) is 103. The second kappa shape index (κ2) is 63.4. The SMILES string of the molecule is N[C@@H](CCC(=O)OC(=O)[C@@H](N)CCC(=O)OC(=O)CC[C@H](N)C(=O)OC(=O)[C@@H](N)CCC(=O)OC(=O)[C@@H](N)CCC(=O)OC(=O)CC[C@H](N)C(=O)OC(=O)CC[C@H](N)C(=O)OC(=O)C[C@H](N)C(=O)OC(=O)[C@@H](N)CCC(=O)OC(=O)[C@@H](N)CCC(=O)OC(=O)CC[C@H](N)C(=O)OC(=O)CC[C@H](N)C(=O)OC(=O)[C@@H](N)CCC(=O)OC(=O)CC[C@H](N)C(=O)OC(=O)CC[C@H](N)C(=O)O)C(=O)O. The van der Waals surface area contributed by atoms with Gasteiger partial charge < -0.3 is 163 Å². The van der Waals surface area contributed by atoms with Crippen LogP contribution in [0.2, 0.25) is 0 Å². The Labute approximate surface area is 760 Å². The van der Waals surface area contributed by atoms with Crippen molar-refractivity contribution in [1.82, 2.24) is 0 Å². The van der Waals surface area contributed by atoms with Crippen LogP contribution < -0.4 is 86.0 Å². The maximum atomic E-state index is 12.5. The zero-order valence-corrected chi connectivity index (χ0v) is 71.7. The summed E-state index contributed by atoms with van der Waals surface area (Å²) in [5.41, 5.74) is 83.7. The van der Waals surface area contributed by atoms with E-state index in [1.807, 2.05) is 0 Å². The molecule has 0 saturated carbocycles. The normalized spacial score (nSPS) is 14.2. The van der Waals surface area contributed by atoms with Crippen molar-refractivity contribution in [1.29, 1.82) is 0 Å². The summed E-state index contributed by atoms with van der Waals surface area (Å²) in [6.07, 6.45) is -18.7. The molecule has 0 aliphatic rings. The molecular weight excluding hydrogens is 1830 g/mol. The lowest BCUT2D eigenvalue weighted by molar-refractivity contribution is -0.167. The van der Waals surface area contributed by atoms with Gasteiger partial charge in [0.25, 0.3) is 0 Å². The fourth-order valence-electron chi connectivity index (χ4n) is 9.08. The number of nitrogens with two attached hydrogens (primary N) is 15. The van der Waals surface area contributed by atoms with Gasteiger partial charge in [-0.1, -0.05) is 0 Å². The topological polar surface area (TPSA) is 1070 Å². The van der Waals surface area contributed by atoms with Crippen molar-refractivity contribution >= 4 is 179 Å². The summed E-state index contributed by atoms with van der Waals surface area (Å²) in [6.45, 7) is 0. The van der Waals surface area contributed by atoms with E-state index in [0.717, 1.165) is 0 Å². The number of rotatable bonds is 59. The number of hydrogen-bond donors (Lipinski definition) is 17. The molecule has 61 nitrogen and oxygen atoms in total. The van der Waals surface area contributed by atoms with Gasteiger partial charge in [0.2, 0.25) is 0 Å². The third-order valence-electron chi connectivity index (χ3n) is 17.2. The first-order chi connectivity index (χ1) is 62.8. The zero-order valence-electron chi connectivity index (χ0n) is 71.7. The average Bonchev–Trinajstić information content (AvgIpc) is 0.897. The molecule has 0 aliphatic carbocycles. The Morgan fingerprint density at radius 1 is 0.133 bits per heavy atom. The third-order valence-corrected chi connectivity index (χ3v) is 17.2. The minimum atomic E-state index is -2.02. The number of carboxylic acids is 2. The summed E-state index contributed by atoms with van der Waals surface area (Å²) in [6, 6.07) is -25.1. The van der Waals surface area contributed by atoms with Gasteiger partial charge in [0.15, 0.2) is 0 Å². The number of aliphatic carboxylic acids is 2. The van der Waals surface area contributed by atoms with Crippen LogP contribution in [0, 0.1) is 0 Å². The molecule has 0 fully saturated rings. The predicted molar refractivity (Wildman–Crippen MR) is 424 cm³/mol. The highest BCUT2D eigenvalue weighted by Crippen LogP contribution is 2.15. The van der Waals surface area contributed by atoms with Crippen LogP contribution >= 0.6 is 0 Å². The van der Waals surface area contributed by atoms with Crippen LogP contribution in [0.4, 0.5) is 0 Å². The highest BCUT2D eigenvalue weighted by molar-refractivity contribution is 5.99. The highest BCUT2D eigenvalue weighted by Gasteiger charge is 2.35. The molecule has 15 atom stereocenters. The minimum Gasteiger partial charge on any atom is -0.480 e. The van der Waals surface area contributed by atoms with Crippen molar-refractivity contribution in [3.8, 4) is 0 Å². The molecule has 0 aromatic heterocycles. The number of carbonyl (C=O) groups is 30. The molecule has 0 radical (unpaired) electrons. The summed E-state index contributed by atoms with van der Waals surface area (Å²) in [5, 5.41) is 17.5. The molecule has 61 heteroatoms. The monoisotopic (exact) mass is 1940 g/mol. The largest absolute Gasteiger partial charge is 0.480 e. The summed E-state index contributed by atoms with van der Waals surface area (Å²) >= 11 is 0. The Balaban J connectivity index is 4.62. The van der Waals surface area contributed by atoms with Crippen LogP contribution in [-0.2, 0) is 210 Å². The lowest BCUT2D eigenvalue weighted by atomic mass is 10.1. The van der Waals surface area contributed by atoms with E-state index in [9.17, 15) is 144 Å². The van der Waals surface area contributed by atoms with Crippen molar-refractivity contribution < 1.29 is 220 Å². The Bertz CT molecular complexity index is 4390. The number of ether oxygens (including phenoxy) is 14. The molecule has 0 aromatic rings. The molecule has 752 valence electrons. The standard InChI is InChI=1S/C74H105N15O46/c75-30(60(105)106)1-15-53(98)126-62(109)32(77)3-17-49(94)124-51(96)23-9-39(84)69(116)133-71(118)41(86)12-26-56(101)129-65(112)35(80)6-20-46(91)122-45(90)19-5-34(79)64(111)128-55(100)25-11-38(83)68(115)132-59(104)29-44(89)74(121)135-73(120)43(88)14-28-58(103)131-67(114)37(82)8-22-48(93)123-47(92)21-7-36(81)66(113)130-57(102)27-13-42(87)72(119)134-70(117)40(85)10-24-52(97)125-50(95)18-4-33(78)63(110)127-54(99)16-2-31(76)61(107)108/h30-44H,1-29,75-89H2,(H,105,106)(H,107,108)/t30-,31-,32-,33-,34-,35-,36-,37-,38-,39-,40-,41-,42-,43-,44-/m0/s1. The highest BCUT2D eigenvalue weighted by atomic mass is 16.6. The molecule has 0 aromatic carbocycles. The minimum absolute atomic E-state index is 0.354. The van der Waals surface area contributed by atoms with Gasteiger partial charge in [-0.3, -0.25) is 81.5 Å². The lowest BCUT2D eigenvalue weighted by Gasteiger charge is -2.14.